The fraction of sp³-hybridized carbons (Fsp3) is 0.467. The Labute approximate surface area is 128 Å². The number of carboxylic acid groups (broad SMARTS) is 1. The molecule has 118 valence electrons. The van der Waals surface area contributed by atoms with Crippen molar-refractivity contribution in [3.63, 3.8) is 0 Å². The molecule has 0 fully saturated rings. The van der Waals surface area contributed by atoms with Gasteiger partial charge in [0.1, 0.15) is 5.52 Å². The first-order valence-electron chi connectivity index (χ1n) is 7.19. The Balaban J connectivity index is 2.14. The van der Waals surface area contributed by atoms with Gasteiger partial charge in [-0.25, -0.2) is 4.68 Å². The Hall–Kier alpha value is -2.44. The number of aryl methyl sites for hydroxylation is 1. The number of nitrogens with one attached hydrogen (secondary N) is 1. The van der Waals surface area contributed by atoms with Gasteiger partial charge >= 0.3 is 5.97 Å². The van der Waals surface area contributed by atoms with Gasteiger partial charge in [-0.3, -0.25) is 9.59 Å². The molecule has 2 N–H and O–H groups in total. The summed E-state index contributed by atoms with van der Waals surface area (Å²) in [4.78, 5) is 23.2. The molecule has 1 heterocycles. The van der Waals surface area contributed by atoms with Crippen LogP contribution in [0, 0.1) is 11.8 Å². The molecule has 0 saturated carbocycles. The molecule has 0 radical (unpaired) electrons. The van der Waals surface area contributed by atoms with Crippen molar-refractivity contribution in [1.82, 2.24) is 15.0 Å². The van der Waals surface area contributed by atoms with Crippen molar-refractivity contribution in [1.29, 1.82) is 0 Å². The van der Waals surface area contributed by atoms with Crippen LogP contribution in [0.3, 0.4) is 0 Å². The molecule has 22 heavy (non-hydrogen) atoms. The van der Waals surface area contributed by atoms with E-state index in [-0.39, 0.29) is 18.2 Å². The first-order valence-corrected chi connectivity index (χ1v) is 7.19. The van der Waals surface area contributed by atoms with E-state index in [4.69, 9.17) is 5.11 Å². The van der Waals surface area contributed by atoms with Gasteiger partial charge in [0.05, 0.1) is 11.9 Å². The van der Waals surface area contributed by atoms with E-state index in [1.165, 1.54) is 0 Å². The monoisotopic (exact) mass is 304 g/mol. The number of fused-ring (bicyclic) bond motifs is 1. The fourth-order valence-corrected chi connectivity index (χ4v) is 2.43. The smallest absolute Gasteiger partial charge is 0.304 e. The number of aliphatic carboxylic acids is 1. The lowest BCUT2D eigenvalue weighted by atomic mass is 9.93. The number of carbonyl (C=O) groups excluding carboxylic acids is 1. The highest BCUT2D eigenvalue weighted by molar-refractivity contribution is 5.95. The van der Waals surface area contributed by atoms with Crippen molar-refractivity contribution < 1.29 is 14.7 Å². The third kappa shape index (κ3) is 3.81. The number of anilines is 1. The zero-order valence-electron chi connectivity index (χ0n) is 12.9. The van der Waals surface area contributed by atoms with Gasteiger partial charge in [0.2, 0.25) is 5.91 Å². The largest absolute Gasteiger partial charge is 0.481 e. The van der Waals surface area contributed by atoms with Gasteiger partial charge < -0.3 is 10.4 Å². The van der Waals surface area contributed by atoms with Gasteiger partial charge in [-0.15, -0.1) is 5.10 Å². The Morgan fingerprint density at radius 3 is 2.73 bits per heavy atom. The van der Waals surface area contributed by atoms with E-state index in [1.54, 1.807) is 23.9 Å². The quantitative estimate of drug-likeness (QED) is 0.851. The first-order chi connectivity index (χ1) is 10.4. The Bertz CT molecular complexity index is 693. The average molecular weight is 304 g/mol. The average Bonchev–Trinajstić information content (AvgIpc) is 2.78. The van der Waals surface area contributed by atoms with E-state index in [1.807, 2.05) is 19.9 Å². The molecule has 2 rings (SSSR count). The van der Waals surface area contributed by atoms with Crippen molar-refractivity contribution in [2.75, 3.05) is 5.32 Å². The van der Waals surface area contributed by atoms with Crippen LogP contribution in [0.4, 0.5) is 5.69 Å². The topological polar surface area (TPSA) is 97.1 Å². The number of hydrogen-bond donors (Lipinski definition) is 2. The molecule has 7 heteroatoms. The lowest BCUT2D eigenvalue weighted by molar-refractivity contribution is -0.140. The highest BCUT2D eigenvalue weighted by Crippen LogP contribution is 2.20. The van der Waals surface area contributed by atoms with Crippen molar-refractivity contribution >= 4 is 28.6 Å². The molecule has 1 unspecified atom stereocenters. The normalized spacial score (nSPS) is 12.5. The minimum absolute atomic E-state index is 0.169. The minimum atomic E-state index is -0.967. The maximum absolute atomic E-state index is 12.3. The van der Waals surface area contributed by atoms with Crippen LogP contribution in [-0.4, -0.2) is 32.0 Å². The number of carboxylic acids is 1. The molecular formula is C15H20N4O3. The van der Waals surface area contributed by atoms with Crippen LogP contribution in [-0.2, 0) is 16.6 Å². The molecule has 1 aromatic carbocycles. The van der Waals surface area contributed by atoms with E-state index in [2.05, 4.69) is 15.6 Å². The summed E-state index contributed by atoms with van der Waals surface area (Å²) in [6.45, 7) is 3.93. The fourth-order valence-electron chi connectivity index (χ4n) is 2.43. The number of amides is 1. The summed E-state index contributed by atoms with van der Waals surface area (Å²) in [5.74, 6) is -1.54. The number of hydrogen-bond acceptors (Lipinski definition) is 4. The number of rotatable bonds is 6. The van der Waals surface area contributed by atoms with Gasteiger partial charge in [-0.05, 0) is 30.5 Å². The molecule has 1 amide bonds. The zero-order valence-corrected chi connectivity index (χ0v) is 12.9. The van der Waals surface area contributed by atoms with Crippen LogP contribution >= 0.6 is 0 Å². The lowest BCUT2D eigenvalue weighted by Crippen LogP contribution is -2.26. The molecule has 0 bridgehead atoms. The molecule has 1 aromatic heterocycles. The van der Waals surface area contributed by atoms with Gasteiger partial charge in [0, 0.05) is 18.7 Å². The SMILES string of the molecule is CC(C)CC(CC(=O)O)C(=O)Nc1ccc2c(c1)nnn2C. The van der Waals surface area contributed by atoms with E-state index in [0.717, 1.165) is 5.52 Å². The summed E-state index contributed by atoms with van der Waals surface area (Å²) < 4.78 is 1.65. The second-order valence-corrected chi connectivity index (χ2v) is 5.83. The Morgan fingerprint density at radius 1 is 1.36 bits per heavy atom. The molecule has 0 aliphatic carbocycles. The van der Waals surface area contributed by atoms with Crippen molar-refractivity contribution in [2.45, 2.75) is 26.7 Å². The summed E-state index contributed by atoms with van der Waals surface area (Å²) in [6, 6.07) is 5.31. The summed E-state index contributed by atoms with van der Waals surface area (Å²) >= 11 is 0. The van der Waals surface area contributed by atoms with E-state index in [0.29, 0.717) is 17.6 Å². The third-order valence-corrected chi connectivity index (χ3v) is 3.43. The number of carbonyl (C=O) groups is 2. The van der Waals surface area contributed by atoms with E-state index in [9.17, 15) is 9.59 Å². The Morgan fingerprint density at radius 2 is 2.09 bits per heavy atom. The van der Waals surface area contributed by atoms with Crippen LogP contribution in [0.1, 0.15) is 26.7 Å². The van der Waals surface area contributed by atoms with Crippen LogP contribution in [0.15, 0.2) is 18.2 Å². The van der Waals surface area contributed by atoms with Crippen molar-refractivity contribution in [3.8, 4) is 0 Å². The van der Waals surface area contributed by atoms with E-state index >= 15 is 0 Å². The lowest BCUT2D eigenvalue weighted by Gasteiger charge is -2.17. The number of aromatic nitrogens is 3. The van der Waals surface area contributed by atoms with Crippen LogP contribution in [0.2, 0.25) is 0 Å². The molecule has 0 saturated heterocycles. The molecular weight excluding hydrogens is 284 g/mol. The predicted molar refractivity (Wildman–Crippen MR) is 82.3 cm³/mol. The van der Waals surface area contributed by atoms with Crippen molar-refractivity contribution in [2.24, 2.45) is 18.9 Å². The highest BCUT2D eigenvalue weighted by atomic mass is 16.4. The molecule has 0 aliphatic heterocycles. The maximum Gasteiger partial charge on any atom is 0.304 e. The minimum Gasteiger partial charge on any atom is -0.481 e. The zero-order chi connectivity index (χ0) is 16.3. The van der Waals surface area contributed by atoms with E-state index < -0.39 is 11.9 Å². The van der Waals surface area contributed by atoms with Crippen LogP contribution in [0.5, 0.6) is 0 Å². The second kappa shape index (κ2) is 6.55. The van der Waals surface area contributed by atoms with Crippen molar-refractivity contribution in [3.05, 3.63) is 18.2 Å². The predicted octanol–water partition coefficient (Wildman–Crippen LogP) is 2.04. The molecule has 2 aromatic rings. The highest BCUT2D eigenvalue weighted by Gasteiger charge is 2.23. The second-order valence-electron chi connectivity index (χ2n) is 5.83. The summed E-state index contributed by atoms with van der Waals surface area (Å²) in [5, 5.41) is 19.6. The number of nitrogens with zero attached hydrogens (tertiary/aromatic N) is 3. The standard InChI is InChI=1S/C15H20N4O3/c1-9(2)6-10(7-14(20)21)15(22)16-11-4-5-13-12(8-11)17-18-19(13)3/h4-5,8-10H,6-7H2,1-3H3,(H,16,22)(H,20,21). The molecule has 1 atom stereocenters. The first kappa shape index (κ1) is 15.9. The third-order valence-electron chi connectivity index (χ3n) is 3.43. The van der Waals surface area contributed by atoms with Gasteiger partial charge in [0.15, 0.2) is 0 Å². The molecule has 7 nitrogen and oxygen atoms in total. The Kier molecular flexibility index (Phi) is 4.75. The summed E-state index contributed by atoms with van der Waals surface area (Å²) in [5.41, 5.74) is 2.14. The van der Waals surface area contributed by atoms with Gasteiger partial charge in [0.25, 0.3) is 0 Å². The maximum atomic E-state index is 12.3. The van der Waals surface area contributed by atoms with Crippen LogP contribution in [0.25, 0.3) is 11.0 Å². The van der Waals surface area contributed by atoms with Crippen LogP contribution < -0.4 is 5.32 Å². The number of benzene rings is 1. The van der Waals surface area contributed by atoms with Gasteiger partial charge in [-0.1, -0.05) is 19.1 Å². The van der Waals surface area contributed by atoms with Gasteiger partial charge in [-0.2, -0.15) is 0 Å². The summed E-state index contributed by atoms with van der Waals surface area (Å²) in [7, 11) is 1.79. The molecule has 0 aliphatic rings. The summed E-state index contributed by atoms with van der Waals surface area (Å²) in [6.07, 6.45) is 0.364. The molecule has 0 spiro atoms.